The first-order valence-corrected chi connectivity index (χ1v) is 17.1. The molecule has 2 aliphatic carbocycles. The van der Waals surface area contributed by atoms with Crippen LogP contribution >= 0.6 is 0 Å². The fourth-order valence-electron chi connectivity index (χ4n) is 7.47. The Labute approximate surface area is 281 Å². The van der Waals surface area contributed by atoms with Crippen molar-refractivity contribution in [1.82, 2.24) is 20.2 Å². The molecule has 2 saturated carbocycles. The van der Waals surface area contributed by atoms with E-state index >= 15 is 0 Å². The van der Waals surface area contributed by atoms with Crippen molar-refractivity contribution in [3.8, 4) is 28.8 Å². The molecule has 2 aromatic carbocycles. The van der Waals surface area contributed by atoms with E-state index in [0.717, 1.165) is 43.2 Å². The van der Waals surface area contributed by atoms with Crippen LogP contribution in [0.1, 0.15) is 63.9 Å². The third-order valence-corrected chi connectivity index (χ3v) is 10.3. The van der Waals surface area contributed by atoms with Crippen molar-refractivity contribution in [2.75, 3.05) is 34.4 Å². The number of rotatable bonds is 7. The van der Waals surface area contributed by atoms with Gasteiger partial charge in [-0.25, -0.2) is 9.78 Å². The molecule has 1 saturated heterocycles. The Balaban J connectivity index is 1.34. The van der Waals surface area contributed by atoms with Crippen LogP contribution in [0.25, 0.3) is 22.3 Å². The molecule has 3 aliphatic rings. The molecule has 6 rings (SSSR count). The van der Waals surface area contributed by atoms with Crippen LogP contribution in [-0.4, -0.2) is 78.7 Å². The highest BCUT2D eigenvalue weighted by molar-refractivity contribution is 5.95. The highest BCUT2D eigenvalue weighted by atomic mass is 16.5. The number of aryl methyl sites for hydroxylation is 1. The Bertz CT molecular complexity index is 1680. The van der Waals surface area contributed by atoms with Crippen LogP contribution in [0.3, 0.4) is 0 Å². The van der Waals surface area contributed by atoms with E-state index in [1.165, 1.54) is 0 Å². The summed E-state index contributed by atoms with van der Waals surface area (Å²) in [6.45, 7) is 4.59. The molecule has 256 valence electrons. The van der Waals surface area contributed by atoms with Crippen molar-refractivity contribution < 1.29 is 33.3 Å². The number of hydrogen-bond donors (Lipinski definition) is 1. The molecule has 11 heteroatoms. The van der Waals surface area contributed by atoms with Crippen LogP contribution in [0.2, 0.25) is 0 Å². The summed E-state index contributed by atoms with van der Waals surface area (Å²) in [5.41, 5.74) is 1.29. The number of esters is 1. The lowest BCUT2D eigenvalue weighted by atomic mass is 9.92. The number of nitrogens with one attached hydrogen (secondary N) is 1. The monoisotopic (exact) mass is 658 g/mol. The van der Waals surface area contributed by atoms with Gasteiger partial charge in [0.2, 0.25) is 17.7 Å². The first-order valence-electron chi connectivity index (χ1n) is 17.1. The van der Waals surface area contributed by atoms with Crippen LogP contribution in [0.5, 0.6) is 17.4 Å². The Morgan fingerprint density at radius 1 is 0.979 bits per heavy atom. The van der Waals surface area contributed by atoms with Gasteiger partial charge in [-0.15, -0.1) is 0 Å². The summed E-state index contributed by atoms with van der Waals surface area (Å²) in [5, 5.41) is 3.80. The smallest absolute Gasteiger partial charge is 0.332 e. The molecule has 0 radical (unpaired) electrons. The number of aromatic nitrogens is 2. The van der Waals surface area contributed by atoms with Gasteiger partial charge in [-0.2, -0.15) is 4.98 Å². The predicted molar refractivity (Wildman–Crippen MR) is 180 cm³/mol. The van der Waals surface area contributed by atoms with Crippen molar-refractivity contribution in [3.05, 3.63) is 42.0 Å². The van der Waals surface area contributed by atoms with Gasteiger partial charge in [0.1, 0.15) is 23.1 Å². The lowest BCUT2D eigenvalue weighted by Crippen LogP contribution is -2.50. The van der Waals surface area contributed by atoms with Crippen LogP contribution in [-0.2, 0) is 19.1 Å². The molecular formula is C37H46N4O7. The number of carbonyl (C=O) groups excluding carboxylic acids is 3. The number of benzene rings is 2. The molecule has 2 heterocycles. The van der Waals surface area contributed by atoms with E-state index in [9.17, 15) is 14.4 Å². The van der Waals surface area contributed by atoms with Crippen LogP contribution < -0.4 is 19.5 Å². The van der Waals surface area contributed by atoms with E-state index in [1.54, 1.807) is 26.0 Å². The molecule has 0 bridgehead atoms. The molecule has 1 aromatic heterocycles. The van der Waals surface area contributed by atoms with E-state index in [-0.39, 0.29) is 30.3 Å². The molecule has 0 spiro atoms. The second-order valence-corrected chi connectivity index (χ2v) is 13.3. The Morgan fingerprint density at radius 3 is 2.46 bits per heavy atom. The largest absolute Gasteiger partial charge is 0.497 e. The summed E-state index contributed by atoms with van der Waals surface area (Å²) >= 11 is 0. The van der Waals surface area contributed by atoms with Gasteiger partial charge in [-0.05, 0) is 88.3 Å². The zero-order valence-electron chi connectivity index (χ0n) is 28.5. The van der Waals surface area contributed by atoms with Crippen molar-refractivity contribution in [2.45, 2.75) is 76.9 Å². The topological polar surface area (TPSA) is 129 Å². The molecule has 2 amide bonds. The summed E-state index contributed by atoms with van der Waals surface area (Å²) in [6.07, 6.45) is 5.47. The first-order chi connectivity index (χ1) is 23.2. The van der Waals surface area contributed by atoms with E-state index in [1.807, 2.05) is 50.4 Å². The third-order valence-electron chi connectivity index (χ3n) is 10.3. The second kappa shape index (κ2) is 14.0. The summed E-state index contributed by atoms with van der Waals surface area (Å²) in [6, 6.07) is 11.2. The molecule has 11 nitrogen and oxygen atoms in total. The van der Waals surface area contributed by atoms with Gasteiger partial charge in [0, 0.05) is 24.7 Å². The van der Waals surface area contributed by atoms with E-state index in [2.05, 4.69) is 5.32 Å². The molecule has 48 heavy (non-hydrogen) atoms. The summed E-state index contributed by atoms with van der Waals surface area (Å²) in [7, 11) is 5.04. The van der Waals surface area contributed by atoms with Gasteiger partial charge in [0.25, 0.3) is 0 Å². The maximum absolute atomic E-state index is 14.1. The van der Waals surface area contributed by atoms with Gasteiger partial charge in [0.05, 0.1) is 43.6 Å². The molecule has 1 N–H and O–H groups in total. The van der Waals surface area contributed by atoms with Crippen molar-refractivity contribution in [2.24, 2.45) is 17.8 Å². The maximum Gasteiger partial charge on any atom is 0.332 e. The van der Waals surface area contributed by atoms with E-state index in [4.69, 9.17) is 28.9 Å². The summed E-state index contributed by atoms with van der Waals surface area (Å²) in [5.74, 6) is 0.257. The highest BCUT2D eigenvalue weighted by Crippen LogP contribution is 2.49. The van der Waals surface area contributed by atoms with Crippen LogP contribution in [0, 0.1) is 24.7 Å². The number of carbonyl (C=O) groups is 3. The van der Waals surface area contributed by atoms with Crippen LogP contribution in [0.4, 0.5) is 0 Å². The lowest BCUT2D eigenvalue weighted by molar-refractivity contribution is -0.150. The Kier molecular flexibility index (Phi) is 9.75. The SMILES string of the molecule is CCOC(=O)[C@@]12C[C@H]1CCCCCCN(C)C(=O)[C@@H]1C[C@H](Oc3nc(-c4ccc(OC)cc4)nc4c(C)c(OC)ccc34)C[C@H]1C(=O)N2. The minimum absolute atomic E-state index is 0.0395. The van der Waals surface area contributed by atoms with Crippen molar-refractivity contribution in [3.63, 3.8) is 0 Å². The van der Waals surface area contributed by atoms with E-state index in [0.29, 0.717) is 59.9 Å². The number of fused-ring (bicyclic) bond motifs is 3. The minimum atomic E-state index is -1.03. The Hall–Kier alpha value is -4.41. The van der Waals surface area contributed by atoms with Gasteiger partial charge in [-0.1, -0.05) is 19.3 Å². The number of amides is 2. The minimum Gasteiger partial charge on any atom is -0.497 e. The molecule has 3 fully saturated rings. The van der Waals surface area contributed by atoms with Gasteiger partial charge in [0.15, 0.2) is 5.82 Å². The Morgan fingerprint density at radius 2 is 1.73 bits per heavy atom. The summed E-state index contributed by atoms with van der Waals surface area (Å²) in [4.78, 5) is 52.7. The molecule has 0 unspecified atom stereocenters. The zero-order valence-corrected chi connectivity index (χ0v) is 28.5. The number of methoxy groups -OCH3 is 2. The van der Waals surface area contributed by atoms with Gasteiger partial charge < -0.3 is 29.2 Å². The normalized spacial score (nSPS) is 26.1. The van der Waals surface area contributed by atoms with Gasteiger partial charge in [-0.3, -0.25) is 9.59 Å². The van der Waals surface area contributed by atoms with Crippen molar-refractivity contribution in [1.29, 1.82) is 0 Å². The van der Waals surface area contributed by atoms with Gasteiger partial charge >= 0.3 is 5.97 Å². The number of nitrogens with zero attached hydrogens (tertiary/aromatic N) is 3. The molecular weight excluding hydrogens is 612 g/mol. The predicted octanol–water partition coefficient (Wildman–Crippen LogP) is 5.26. The second-order valence-electron chi connectivity index (χ2n) is 13.3. The van der Waals surface area contributed by atoms with E-state index < -0.39 is 23.5 Å². The average molecular weight is 659 g/mol. The maximum atomic E-state index is 14.1. The van der Waals surface area contributed by atoms with Crippen LogP contribution in [0.15, 0.2) is 36.4 Å². The molecule has 5 atom stereocenters. The van der Waals surface area contributed by atoms with Crippen molar-refractivity contribution >= 4 is 28.7 Å². The number of hydrogen-bond acceptors (Lipinski definition) is 9. The third kappa shape index (κ3) is 6.51. The average Bonchev–Trinajstić information content (AvgIpc) is 3.62. The highest BCUT2D eigenvalue weighted by Gasteiger charge is 2.62. The summed E-state index contributed by atoms with van der Waals surface area (Å²) < 4.78 is 23.0. The first kappa shape index (κ1) is 33.5. The molecule has 1 aliphatic heterocycles. The lowest BCUT2D eigenvalue weighted by Gasteiger charge is -2.26. The quantitative estimate of drug-likeness (QED) is 0.338. The standard InChI is InChI=1S/C37H46N4O7/c1-6-47-36(44)37-21-24(37)11-9-7-8-10-18-41(3)35(43)29-20-26(19-28(29)33(42)40-37)48-34-27-16-17-30(46-5)22(2)31(27)38-32(39-34)23-12-14-25(45-4)15-13-23/h12-17,24,26,28-29H,6-11,18-21H2,1-5H3,(H,40,42)/t24-,26-,28-,29-,37-/m1/s1. The fourth-order valence-corrected chi connectivity index (χ4v) is 7.47. The zero-order chi connectivity index (χ0) is 34.0. The molecule has 3 aromatic rings. The fraction of sp³-hybridized carbons (Fsp3) is 0.541. The number of ether oxygens (including phenoxy) is 4.